The Kier molecular flexibility index (Phi) is 3.64. The standard InChI is InChI=1S/C14H16N4OS/c1-3-4-13-15-16-14-18(13)17-12(9-20-14)10-5-7-11(19-2)8-6-10/h5-9,17H,3-4H2,1-2H3. The summed E-state index contributed by atoms with van der Waals surface area (Å²) in [6.07, 6.45) is 1.96. The summed E-state index contributed by atoms with van der Waals surface area (Å²) in [4.78, 5) is 0. The van der Waals surface area contributed by atoms with Crippen LogP contribution in [0.1, 0.15) is 24.7 Å². The Morgan fingerprint density at radius 3 is 2.75 bits per heavy atom. The molecule has 5 nitrogen and oxygen atoms in total. The maximum atomic E-state index is 5.18. The van der Waals surface area contributed by atoms with Crippen LogP contribution in [0.4, 0.5) is 0 Å². The predicted octanol–water partition coefficient (Wildman–Crippen LogP) is 2.89. The molecule has 1 N–H and O–H groups in total. The van der Waals surface area contributed by atoms with Crippen LogP contribution in [-0.4, -0.2) is 22.0 Å². The third-order valence-electron chi connectivity index (χ3n) is 3.09. The Hall–Kier alpha value is -1.95. The lowest BCUT2D eigenvalue weighted by molar-refractivity contribution is 0.415. The Balaban J connectivity index is 1.85. The molecule has 6 heteroatoms. The topological polar surface area (TPSA) is 52.0 Å². The Morgan fingerprint density at radius 1 is 1.25 bits per heavy atom. The third-order valence-corrected chi connectivity index (χ3v) is 3.92. The van der Waals surface area contributed by atoms with Gasteiger partial charge in [-0.15, -0.1) is 10.2 Å². The zero-order valence-electron chi connectivity index (χ0n) is 11.5. The second-order valence-corrected chi connectivity index (χ2v) is 5.31. The Bertz CT molecular complexity index is 633. The molecule has 0 spiro atoms. The number of nitrogens with one attached hydrogen (secondary N) is 1. The quantitative estimate of drug-likeness (QED) is 0.937. The van der Waals surface area contributed by atoms with Gasteiger partial charge < -0.3 is 4.74 Å². The minimum absolute atomic E-state index is 0.856. The van der Waals surface area contributed by atoms with E-state index in [2.05, 4.69) is 28.0 Å². The van der Waals surface area contributed by atoms with Crippen LogP contribution in [-0.2, 0) is 6.42 Å². The molecule has 0 atom stereocenters. The number of hydrogen-bond donors (Lipinski definition) is 1. The van der Waals surface area contributed by atoms with Gasteiger partial charge in [-0.2, -0.15) is 0 Å². The van der Waals surface area contributed by atoms with Crippen LogP contribution in [0.15, 0.2) is 34.8 Å². The normalized spacial score (nSPS) is 13.4. The number of thioether (sulfide) groups is 1. The van der Waals surface area contributed by atoms with Crippen molar-refractivity contribution < 1.29 is 4.74 Å². The molecule has 20 heavy (non-hydrogen) atoms. The first kappa shape index (κ1) is 13.1. The van der Waals surface area contributed by atoms with E-state index >= 15 is 0 Å². The lowest BCUT2D eigenvalue weighted by atomic mass is 10.2. The lowest BCUT2D eigenvalue weighted by Crippen LogP contribution is -2.19. The van der Waals surface area contributed by atoms with Crippen LogP contribution in [0, 0.1) is 0 Å². The summed E-state index contributed by atoms with van der Waals surface area (Å²) in [6.45, 7) is 2.14. The monoisotopic (exact) mass is 288 g/mol. The van der Waals surface area contributed by atoms with E-state index in [1.807, 2.05) is 28.9 Å². The summed E-state index contributed by atoms with van der Waals surface area (Å²) < 4.78 is 7.15. The van der Waals surface area contributed by atoms with Gasteiger partial charge in [-0.05, 0) is 30.7 Å². The number of aromatic nitrogens is 3. The molecule has 1 aliphatic rings. The lowest BCUT2D eigenvalue weighted by Gasteiger charge is -2.19. The molecule has 0 saturated carbocycles. The Morgan fingerprint density at radius 2 is 2.05 bits per heavy atom. The average Bonchev–Trinajstić information content (AvgIpc) is 2.90. The first-order valence-corrected chi connectivity index (χ1v) is 7.42. The van der Waals surface area contributed by atoms with E-state index in [9.17, 15) is 0 Å². The fourth-order valence-corrected chi connectivity index (χ4v) is 2.79. The third kappa shape index (κ3) is 2.38. The highest BCUT2D eigenvalue weighted by Gasteiger charge is 2.17. The van der Waals surface area contributed by atoms with Gasteiger partial charge in [0.05, 0.1) is 12.8 Å². The number of rotatable bonds is 4. The maximum absolute atomic E-state index is 5.18. The van der Waals surface area contributed by atoms with Crippen molar-refractivity contribution in [3.8, 4) is 5.75 Å². The highest BCUT2D eigenvalue weighted by Crippen LogP contribution is 2.29. The molecule has 2 aromatic rings. The zero-order valence-corrected chi connectivity index (χ0v) is 12.3. The minimum atomic E-state index is 0.856. The molecular weight excluding hydrogens is 272 g/mol. The van der Waals surface area contributed by atoms with E-state index in [-0.39, 0.29) is 0 Å². The van der Waals surface area contributed by atoms with Crippen LogP contribution in [0.25, 0.3) is 5.70 Å². The van der Waals surface area contributed by atoms with E-state index in [1.165, 1.54) is 0 Å². The summed E-state index contributed by atoms with van der Waals surface area (Å²) in [5, 5.41) is 11.3. The molecule has 0 bridgehead atoms. The number of fused-ring (bicyclic) bond motifs is 1. The van der Waals surface area contributed by atoms with Gasteiger partial charge in [0, 0.05) is 17.4 Å². The van der Waals surface area contributed by atoms with Gasteiger partial charge in [0.15, 0.2) is 5.82 Å². The van der Waals surface area contributed by atoms with Gasteiger partial charge in [-0.1, -0.05) is 18.7 Å². The second-order valence-electron chi connectivity index (χ2n) is 4.47. The number of aryl methyl sites for hydroxylation is 1. The number of benzene rings is 1. The van der Waals surface area contributed by atoms with Crippen molar-refractivity contribution in [2.45, 2.75) is 24.9 Å². The molecule has 0 radical (unpaired) electrons. The summed E-state index contributed by atoms with van der Waals surface area (Å²) >= 11 is 1.58. The van der Waals surface area contributed by atoms with Crippen molar-refractivity contribution in [1.29, 1.82) is 0 Å². The van der Waals surface area contributed by atoms with Gasteiger partial charge in [0.1, 0.15) is 5.75 Å². The molecule has 2 heterocycles. The molecule has 1 aliphatic heterocycles. The summed E-state index contributed by atoms with van der Waals surface area (Å²) in [7, 11) is 1.67. The van der Waals surface area contributed by atoms with Gasteiger partial charge in [-0.3, -0.25) is 5.43 Å². The molecule has 3 rings (SSSR count). The smallest absolute Gasteiger partial charge is 0.214 e. The zero-order chi connectivity index (χ0) is 13.9. The SMILES string of the molecule is CCCc1nnc2n1NC(c1ccc(OC)cc1)=CS2. The van der Waals surface area contributed by atoms with Crippen LogP contribution >= 0.6 is 11.8 Å². The highest BCUT2D eigenvalue weighted by atomic mass is 32.2. The average molecular weight is 288 g/mol. The van der Waals surface area contributed by atoms with Crippen molar-refractivity contribution in [3.05, 3.63) is 41.1 Å². The van der Waals surface area contributed by atoms with Crippen LogP contribution < -0.4 is 10.2 Å². The van der Waals surface area contributed by atoms with Crippen molar-refractivity contribution in [2.24, 2.45) is 0 Å². The Labute approximate surface area is 122 Å². The molecule has 0 amide bonds. The van der Waals surface area contributed by atoms with E-state index in [1.54, 1.807) is 18.9 Å². The summed E-state index contributed by atoms with van der Waals surface area (Å²) in [5.41, 5.74) is 5.53. The molecule has 0 saturated heterocycles. The van der Waals surface area contributed by atoms with E-state index in [0.717, 1.165) is 40.8 Å². The van der Waals surface area contributed by atoms with Crippen LogP contribution in [0.5, 0.6) is 5.75 Å². The van der Waals surface area contributed by atoms with Crippen molar-refractivity contribution in [1.82, 2.24) is 14.9 Å². The molecule has 0 unspecified atom stereocenters. The molecule has 1 aromatic carbocycles. The largest absolute Gasteiger partial charge is 0.497 e. The predicted molar refractivity (Wildman–Crippen MR) is 80.2 cm³/mol. The van der Waals surface area contributed by atoms with E-state index in [0.29, 0.717) is 0 Å². The van der Waals surface area contributed by atoms with Crippen molar-refractivity contribution in [2.75, 3.05) is 12.5 Å². The van der Waals surface area contributed by atoms with Crippen LogP contribution in [0.3, 0.4) is 0 Å². The van der Waals surface area contributed by atoms with Gasteiger partial charge >= 0.3 is 0 Å². The summed E-state index contributed by atoms with van der Waals surface area (Å²) in [6, 6.07) is 7.98. The molecular formula is C14H16N4OS. The minimum Gasteiger partial charge on any atom is -0.497 e. The van der Waals surface area contributed by atoms with Gasteiger partial charge in [-0.25, -0.2) is 4.68 Å². The van der Waals surface area contributed by atoms with Crippen LogP contribution in [0.2, 0.25) is 0 Å². The highest BCUT2D eigenvalue weighted by molar-refractivity contribution is 8.02. The van der Waals surface area contributed by atoms with Gasteiger partial charge in [0.25, 0.3) is 0 Å². The molecule has 104 valence electrons. The van der Waals surface area contributed by atoms with Crippen molar-refractivity contribution in [3.63, 3.8) is 0 Å². The van der Waals surface area contributed by atoms with Crippen molar-refractivity contribution >= 4 is 17.5 Å². The number of nitrogens with zero attached hydrogens (tertiary/aromatic N) is 3. The molecule has 1 aromatic heterocycles. The number of methoxy groups -OCH3 is 1. The maximum Gasteiger partial charge on any atom is 0.214 e. The second kappa shape index (κ2) is 5.58. The fourth-order valence-electron chi connectivity index (χ4n) is 2.04. The van der Waals surface area contributed by atoms with E-state index < -0.39 is 0 Å². The number of hydrogen-bond acceptors (Lipinski definition) is 5. The van der Waals surface area contributed by atoms with E-state index in [4.69, 9.17) is 4.74 Å². The fraction of sp³-hybridized carbons (Fsp3) is 0.286. The first-order valence-electron chi connectivity index (χ1n) is 6.54. The summed E-state index contributed by atoms with van der Waals surface area (Å²) in [5.74, 6) is 1.82. The first-order chi connectivity index (χ1) is 9.81. The number of ether oxygens (including phenoxy) is 1. The molecule has 0 aliphatic carbocycles. The molecule has 0 fully saturated rings. The van der Waals surface area contributed by atoms with Gasteiger partial charge in [0.2, 0.25) is 5.16 Å².